The number of esters is 1. The molecule has 0 aliphatic rings. The van der Waals surface area contributed by atoms with Crippen LogP contribution in [-0.4, -0.2) is 31.6 Å². The van der Waals surface area contributed by atoms with Gasteiger partial charge in [0.25, 0.3) is 5.91 Å². The number of hydrogen-bond acceptors (Lipinski definition) is 6. The lowest BCUT2D eigenvalue weighted by Crippen LogP contribution is -2.44. The van der Waals surface area contributed by atoms with Gasteiger partial charge in [0.2, 0.25) is 0 Å². The number of carbonyl (C=O) groups is 2. The van der Waals surface area contributed by atoms with E-state index >= 15 is 0 Å². The second-order valence-corrected chi connectivity index (χ2v) is 9.00. The van der Waals surface area contributed by atoms with E-state index in [4.69, 9.17) is 9.05 Å². The molecule has 0 aliphatic carbocycles. The van der Waals surface area contributed by atoms with Gasteiger partial charge in [-0.25, -0.2) is 4.52 Å². The Kier molecular flexibility index (Phi) is 9.16. The molecular formula is C17H22F2INO6P+. The van der Waals surface area contributed by atoms with Crippen LogP contribution in [0.2, 0.25) is 0 Å². The van der Waals surface area contributed by atoms with Crippen molar-refractivity contribution in [3.05, 3.63) is 29.8 Å². The molecule has 1 aromatic rings. The molecule has 0 aliphatic heterocycles. The molecule has 0 spiro atoms. The topological polar surface area (TPSA) is 90.9 Å². The summed E-state index contributed by atoms with van der Waals surface area (Å²) in [5.41, 5.74) is -0.953. The second-order valence-electron chi connectivity index (χ2n) is 6.81. The van der Waals surface area contributed by atoms with Crippen LogP contribution in [-0.2, 0) is 27.3 Å². The molecule has 156 valence electrons. The molecule has 7 nitrogen and oxygen atoms in total. The van der Waals surface area contributed by atoms with Crippen LogP contribution in [0.1, 0.15) is 32.8 Å². The molecule has 0 heterocycles. The van der Waals surface area contributed by atoms with Crippen molar-refractivity contribution in [1.29, 1.82) is 0 Å². The minimum absolute atomic E-state index is 0.0183. The average molecular weight is 532 g/mol. The predicted molar refractivity (Wildman–Crippen MR) is 107 cm³/mol. The fourth-order valence-electron chi connectivity index (χ4n) is 1.98. The largest absolute Gasteiger partial charge is 0.750 e. The Balaban J connectivity index is 2.72. The van der Waals surface area contributed by atoms with Crippen molar-refractivity contribution in [2.45, 2.75) is 37.2 Å². The molecule has 1 N–H and O–H groups in total. The molecule has 0 radical (unpaired) electrons. The highest BCUT2D eigenvalue weighted by Gasteiger charge is 2.41. The summed E-state index contributed by atoms with van der Waals surface area (Å²) in [7, 11) is -1.52. The van der Waals surface area contributed by atoms with Gasteiger partial charge in [-0.2, -0.15) is 8.78 Å². The van der Waals surface area contributed by atoms with Crippen LogP contribution in [0.4, 0.5) is 8.78 Å². The lowest BCUT2D eigenvalue weighted by Gasteiger charge is -2.24. The van der Waals surface area contributed by atoms with Gasteiger partial charge in [-0.1, -0.05) is 25.3 Å². The zero-order valence-electron chi connectivity index (χ0n) is 15.8. The van der Waals surface area contributed by atoms with E-state index < -0.39 is 35.6 Å². The van der Waals surface area contributed by atoms with E-state index in [2.05, 4.69) is 10.1 Å². The van der Waals surface area contributed by atoms with E-state index in [0.717, 1.165) is 34.7 Å². The van der Waals surface area contributed by atoms with Crippen molar-refractivity contribution in [2.24, 2.45) is 5.41 Å². The van der Waals surface area contributed by atoms with Crippen LogP contribution in [0.5, 0.6) is 5.75 Å². The summed E-state index contributed by atoms with van der Waals surface area (Å²) in [6.45, 7) is 5.15. The predicted octanol–water partition coefficient (Wildman–Crippen LogP) is 4.32. The number of ether oxygens (including phenoxy) is 1. The minimum Gasteiger partial charge on any atom is -0.469 e. The summed E-state index contributed by atoms with van der Waals surface area (Å²) >= 11 is 0.999. The Hall–Kier alpha value is -1.39. The second kappa shape index (κ2) is 10.4. The van der Waals surface area contributed by atoms with E-state index in [0.29, 0.717) is 0 Å². The molecule has 1 amide bonds. The molecule has 28 heavy (non-hydrogen) atoms. The zero-order valence-corrected chi connectivity index (χ0v) is 18.9. The molecule has 1 aromatic carbocycles. The monoisotopic (exact) mass is 532 g/mol. The van der Waals surface area contributed by atoms with Gasteiger partial charge in [-0.05, 0) is 24.3 Å². The number of carbonyl (C=O) groups excluding carboxylic acids is 2. The summed E-state index contributed by atoms with van der Waals surface area (Å²) in [4.78, 5) is 23.5. The maximum absolute atomic E-state index is 13.2. The highest BCUT2D eigenvalue weighted by Crippen LogP contribution is 2.38. The van der Waals surface area contributed by atoms with Crippen molar-refractivity contribution in [3.8, 4) is 5.75 Å². The average Bonchev–Trinajstić information content (AvgIpc) is 2.58. The summed E-state index contributed by atoms with van der Waals surface area (Å²) in [5.74, 6) is -0.990. The van der Waals surface area contributed by atoms with Crippen LogP contribution in [0, 0.1) is 5.41 Å². The first-order valence-electron chi connectivity index (χ1n) is 8.18. The van der Waals surface area contributed by atoms with Gasteiger partial charge in [-0.15, -0.1) is 0 Å². The van der Waals surface area contributed by atoms with Crippen molar-refractivity contribution in [1.82, 2.24) is 5.32 Å². The number of nitrogens with one attached hydrogen (secondary N) is 1. The van der Waals surface area contributed by atoms with Gasteiger partial charge in [0.15, 0.2) is 11.9 Å². The Morgan fingerprint density at radius 1 is 1.21 bits per heavy atom. The zero-order chi connectivity index (χ0) is 21.5. The Morgan fingerprint density at radius 2 is 1.79 bits per heavy atom. The number of hydrogen-bond donors (Lipinski definition) is 1. The fourth-order valence-corrected chi connectivity index (χ4v) is 3.26. The maximum atomic E-state index is 13.2. The number of alkyl halides is 3. The Labute approximate surface area is 176 Å². The maximum Gasteiger partial charge on any atom is 0.750 e. The van der Waals surface area contributed by atoms with Crippen molar-refractivity contribution >= 4 is 42.7 Å². The van der Waals surface area contributed by atoms with E-state index in [-0.39, 0.29) is 24.3 Å². The third kappa shape index (κ3) is 8.32. The molecular weight excluding hydrogens is 510 g/mol. The summed E-state index contributed by atoms with van der Waals surface area (Å²) in [6.07, 6.45) is -1.15. The normalized spacial score (nSPS) is 13.5. The number of halogens is 3. The number of amides is 1. The number of rotatable bonds is 9. The van der Waals surface area contributed by atoms with Crippen LogP contribution in [0.15, 0.2) is 24.3 Å². The van der Waals surface area contributed by atoms with Gasteiger partial charge in [0, 0.05) is 44.7 Å². The first kappa shape index (κ1) is 24.6. The minimum atomic E-state index is -3.03. The van der Waals surface area contributed by atoms with Crippen molar-refractivity contribution < 1.29 is 36.7 Å². The van der Waals surface area contributed by atoms with Crippen LogP contribution < -0.4 is 9.84 Å². The van der Waals surface area contributed by atoms with Gasteiger partial charge >= 0.3 is 18.2 Å². The van der Waals surface area contributed by atoms with E-state index in [1.807, 2.05) is 0 Å². The molecule has 0 saturated heterocycles. The van der Waals surface area contributed by atoms with Crippen molar-refractivity contribution in [2.75, 3.05) is 13.7 Å². The molecule has 0 aromatic heterocycles. The molecule has 0 fully saturated rings. The third-order valence-corrected chi connectivity index (χ3v) is 4.80. The molecule has 1 rings (SSSR count). The standard InChI is InChI=1S/C17H21F2INO6P/c1-16(2,3)14(15(23)21-10-9-13(22)25-4)27-28(24)26-12-7-5-11(6-8-12)17(18,19)20/h5-8,14H,9-10H2,1-4H3/p+1/t14-/m0/s1. The summed E-state index contributed by atoms with van der Waals surface area (Å²) in [6, 6.07) is 4.76. The molecule has 0 saturated carbocycles. The Morgan fingerprint density at radius 3 is 2.25 bits per heavy atom. The van der Waals surface area contributed by atoms with E-state index in [1.165, 1.54) is 19.2 Å². The summed E-state index contributed by atoms with van der Waals surface area (Å²) in [5, 5.41) is 2.51. The molecule has 0 bridgehead atoms. The highest BCUT2D eigenvalue weighted by atomic mass is 127. The number of benzene rings is 1. The van der Waals surface area contributed by atoms with Crippen LogP contribution >= 0.6 is 30.8 Å². The lowest BCUT2D eigenvalue weighted by molar-refractivity contribution is -0.140. The fraction of sp³-hybridized carbons (Fsp3) is 0.529. The molecule has 1 unspecified atom stereocenters. The van der Waals surface area contributed by atoms with Crippen molar-refractivity contribution in [3.63, 3.8) is 0 Å². The smallest absolute Gasteiger partial charge is 0.469 e. The first-order chi connectivity index (χ1) is 12.8. The quantitative estimate of drug-likeness (QED) is 0.221. The lowest BCUT2D eigenvalue weighted by atomic mass is 9.88. The summed E-state index contributed by atoms with van der Waals surface area (Å²) < 4.78 is 50.4. The van der Waals surface area contributed by atoms with Crippen LogP contribution in [0.3, 0.4) is 0 Å². The van der Waals surface area contributed by atoms with Gasteiger partial charge in [0.1, 0.15) is 0 Å². The van der Waals surface area contributed by atoms with Crippen LogP contribution in [0.25, 0.3) is 0 Å². The first-order valence-corrected chi connectivity index (χ1v) is 10.4. The third-order valence-electron chi connectivity index (χ3n) is 3.43. The van der Waals surface area contributed by atoms with E-state index in [9.17, 15) is 22.9 Å². The number of methoxy groups -OCH3 is 1. The highest BCUT2D eigenvalue weighted by molar-refractivity contribution is 14.1. The SMILES string of the molecule is COC(=O)CCNC(=O)[C@H](O[P+](=O)Oc1ccc(C(F)(F)I)cc1)C(C)(C)C. The molecule has 2 atom stereocenters. The molecule has 11 heteroatoms. The Bertz CT molecular complexity index is 703. The van der Waals surface area contributed by atoms with Gasteiger partial charge < -0.3 is 10.1 Å². The van der Waals surface area contributed by atoms with E-state index in [1.54, 1.807) is 20.8 Å². The van der Waals surface area contributed by atoms with Gasteiger partial charge in [-0.3, -0.25) is 9.59 Å². The van der Waals surface area contributed by atoms with Gasteiger partial charge in [0.05, 0.1) is 13.5 Å².